The van der Waals surface area contributed by atoms with E-state index in [9.17, 15) is 13.8 Å². The quantitative estimate of drug-likeness (QED) is 0.278. The van der Waals surface area contributed by atoms with Gasteiger partial charge in [0.2, 0.25) is 6.17 Å². The Balaban J connectivity index is 4.34. The van der Waals surface area contributed by atoms with E-state index in [4.69, 9.17) is 30.2 Å². The van der Waals surface area contributed by atoms with Gasteiger partial charge in [0, 0.05) is 0 Å². The molecule has 0 rings (SSSR count). The summed E-state index contributed by atoms with van der Waals surface area (Å²) in [4.78, 5) is 26.6. The summed E-state index contributed by atoms with van der Waals surface area (Å²) < 4.78 is 26.7. The predicted octanol–water partition coefficient (Wildman–Crippen LogP) is -2.40. The number of carbonyl (C=O) groups is 1. The van der Waals surface area contributed by atoms with Gasteiger partial charge in [-0.2, -0.15) is 0 Å². The van der Waals surface area contributed by atoms with E-state index in [2.05, 4.69) is 4.52 Å². The second-order valence-corrected chi connectivity index (χ2v) is 4.31. The van der Waals surface area contributed by atoms with Crippen molar-refractivity contribution in [3.8, 4) is 0 Å². The third-order valence-electron chi connectivity index (χ3n) is 1.69. The Bertz CT molecular complexity index is 304. The molecule has 11 heteroatoms. The lowest BCUT2D eigenvalue weighted by molar-refractivity contribution is -0.155. The molecular formula is C6H12FO9P. The molecule has 0 saturated carbocycles. The zero-order valence-electron chi connectivity index (χ0n) is 8.25. The minimum atomic E-state index is -4.90. The molecule has 0 fully saturated rings. The van der Waals surface area contributed by atoms with Gasteiger partial charge in [-0.05, 0) is 0 Å². The summed E-state index contributed by atoms with van der Waals surface area (Å²) >= 11 is 0. The highest BCUT2D eigenvalue weighted by Gasteiger charge is 2.36. The van der Waals surface area contributed by atoms with Crippen LogP contribution in [0.5, 0.6) is 0 Å². The summed E-state index contributed by atoms with van der Waals surface area (Å²) in [7, 11) is -4.90. The third kappa shape index (κ3) is 6.03. The van der Waals surface area contributed by atoms with Crippen LogP contribution < -0.4 is 0 Å². The lowest BCUT2D eigenvalue weighted by atomic mass is 10.0. The molecule has 0 amide bonds. The highest BCUT2D eigenvalue weighted by atomic mass is 31.2. The van der Waals surface area contributed by atoms with Gasteiger partial charge in [0.05, 0.1) is 6.61 Å². The van der Waals surface area contributed by atoms with E-state index in [1.54, 1.807) is 0 Å². The lowest BCUT2D eigenvalue weighted by Crippen LogP contribution is -2.47. The number of alkyl halides is 1. The van der Waals surface area contributed by atoms with Gasteiger partial charge < -0.3 is 30.2 Å². The van der Waals surface area contributed by atoms with Crippen molar-refractivity contribution in [1.82, 2.24) is 0 Å². The maximum Gasteiger partial charge on any atom is 0.469 e. The van der Waals surface area contributed by atoms with Gasteiger partial charge >= 0.3 is 13.8 Å². The van der Waals surface area contributed by atoms with Gasteiger partial charge in [-0.15, -0.1) is 0 Å². The number of phosphoric ester groups is 1. The highest BCUT2D eigenvalue weighted by Crippen LogP contribution is 2.35. The first-order valence-electron chi connectivity index (χ1n) is 4.17. The van der Waals surface area contributed by atoms with Crippen molar-refractivity contribution in [2.24, 2.45) is 0 Å². The molecule has 0 aromatic heterocycles. The molecule has 0 heterocycles. The fourth-order valence-corrected chi connectivity index (χ4v) is 1.17. The molecule has 0 aromatic rings. The number of aliphatic hydroxyl groups is 3. The molecule has 6 N–H and O–H groups in total. The number of rotatable bonds is 7. The van der Waals surface area contributed by atoms with Crippen LogP contribution in [0.2, 0.25) is 0 Å². The van der Waals surface area contributed by atoms with Crippen molar-refractivity contribution in [2.75, 3.05) is 6.61 Å². The maximum atomic E-state index is 12.7. The average Bonchev–Trinajstić information content (AvgIpc) is 2.21. The van der Waals surface area contributed by atoms with Crippen LogP contribution in [0, 0.1) is 0 Å². The topological polar surface area (TPSA) is 165 Å². The summed E-state index contributed by atoms with van der Waals surface area (Å²) in [5.41, 5.74) is 0. The molecule has 0 aliphatic carbocycles. The summed E-state index contributed by atoms with van der Waals surface area (Å²) in [6, 6.07) is 0. The number of phosphoric acid groups is 1. The molecule has 17 heavy (non-hydrogen) atoms. The summed E-state index contributed by atoms with van der Waals surface area (Å²) in [6.45, 7) is -1.10. The maximum absolute atomic E-state index is 12.7. The van der Waals surface area contributed by atoms with Gasteiger partial charge in [-0.3, -0.25) is 4.52 Å². The largest absolute Gasteiger partial charge is 0.479 e. The molecule has 0 aliphatic rings. The molecule has 9 nitrogen and oxygen atoms in total. The normalized spacial score (nSPS) is 19.4. The van der Waals surface area contributed by atoms with Crippen LogP contribution in [0.25, 0.3) is 0 Å². The predicted molar refractivity (Wildman–Crippen MR) is 48.5 cm³/mol. The summed E-state index contributed by atoms with van der Waals surface area (Å²) in [6.07, 6.45) is -9.64. The summed E-state index contributed by atoms with van der Waals surface area (Å²) in [5.74, 6) is -2.06. The monoisotopic (exact) mass is 278 g/mol. The van der Waals surface area contributed by atoms with Crippen molar-refractivity contribution in [1.29, 1.82) is 0 Å². The van der Waals surface area contributed by atoms with Gasteiger partial charge in [0.1, 0.15) is 18.3 Å². The van der Waals surface area contributed by atoms with Gasteiger partial charge in [-0.25, -0.2) is 13.8 Å². The van der Waals surface area contributed by atoms with Crippen molar-refractivity contribution in [2.45, 2.75) is 24.5 Å². The Morgan fingerprint density at radius 3 is 2.06 bits per heavy atom. The van der Waals surface area contributed by atoms with E-state index in [-0.39, 0.29) is 0 Å². The fraction of sp³-hybridized carbons (Fsp3) is 0.833. The molecule has 0 aliphatic heterocycles. The van der Waals surface area contributed by atoms with E-state index in [0.717, 1.165) is 0 Å². The van der Waals surface area contributed by atoms with Gasteiger partial charge in [0.15, 0.2) is 0 Å². The van der Waals surface area contributed by atoms with Crippen molar-refractivity contribution >= 4 is 13.8 Å². The SMILES string of the molecule is O=C(O)[C@H](F)[C@@H](O)[C@H](O)[C@H](O)COP(=O)(O)O. The minimum Gasteiger partial charge on any atom is -0.479 e. The first kappa shape index (κ1) is 16.4. The number of aliphatic hydroxyl groups excluding tert-OH is 3. The number of hydrogen-bond acceptors (Lipinski definition) is 6. The molecule has 0 radical (unpaired) electrons. The number of aliphatic carboxylic acids is 1. The highest BCUT2D eigenvalue weighted by molar-refractivity contribution is 7.46. The molecule has 0 aromatic carbocycles. The second-order valence-electron chi connectivity index (χ2n) is 3.07. The van der Waals surface area contributed by atoms with Crippen LogP contribution in [0.15, 0.2) is 0 Å². The van der Waals surface area contributed by atoms with Crippen LogP contribution in [0.4, 0.5) is 4.39 Å². The Labute approximate surface area is 94.3 Å². The summed E-state index contributed by atoms with van der Waals surface area (Å²) in [5, 5.41) is 35.2. The Morgan fingerprint density at radius 1 is 1.24 bits per heavy atom. The number of hydrogen-bond donors (Lipinski definition) is 6. The number of halogens is 1. The van der Waals surface area contributed by atoms with Crippen LogP contribution in [-0.4, -0.2) is 67.3 Å². The van der Waals surface area contributed by atoms with Crippen LogP contribution in [0.3, 0.4) is 0 Å². The smallest absolute Gasteiger partial charge is 0.469 e. The molecular weight excluding hydrogens is 266 g/mol. The number of carboxylic acids is 1. The van der Waals surface area contributed by atoms with E-state index in [1.807, 2.05) is 0 Å². The minimum absolute atomic E-state index is 1.10. The molecule has 102 valence electrons. The van der Waals surface area contributed by atoms with E-state index in [1.165, 1.54) is 0 Å². The van der Waals surface area contributed by atoms with E-state index in [0.29, 0.717) is 0 Å². The van der Waals surface area contributed by atoms with Crippen LogP contribution in [-0.2, 0) is 13.9 Å². The Hall–Kier alpha value is -0.610. The van der Waals surface area contributed by atoms with E-state index < -0.39 is 44.9 Å². The second kappa shape index (κ2) is 6.36. The van der Waals surface area contributed by atoms with Gasteiger partial charge in [-0.1, -0.05) is 0 Å². The zero-order chi connectivity index (χ0) is 13.8. The van der Waals surface area contributed by atoms with Crippen LogP contribution in [0.1, 0.15) is 0 Å². The first-order chi connectivity index (χ1) is 7.56. The van der Waals surface area contributed by atoms with Crippen LogP contribution >= 0.6 is 7.82 Å². The van der Waals surface area contributed by atoms with Crippen molar-refractivity contribution in [3.63, 3.8) is 0 Å². The average molecular weight is 278 g/mol. The standard InChI is InChI=1S/C6H12FO9P/c7-3(6(11)12)5(10)4(9)2(8)1-16-17(13,14)15/h2-5,8-10H,1H2,(H,11,12)(H2,13,14,15)/t2-,3-,4-,5-/m1/s1. The first-order valence-corrected chi connectivity index (χ1v) is 5.70. The Kier molecular flexibility index (Phi) is 6.13. The molecule has 0 bridgehead atoms. The van der Waals surface area contributed by atoms with Crippen molar-refractivity contribution < 1.29 is 48.5 Å². The van der Waals surface area contributed by atoms with Gasteiger partial charge in [0.25, 0.3) is 0 Å². The molecule has 0 saturated heterocycles. The lowest BCUT2D eigenvalue weighted by Gasteiger charge is -2.23. The molecule has 4 atom stereocenters. The number of carboxylic acid groups (broad SMARTS) is 1. The molecule has 0 spiro atoms. The van der Waals surface area contributed by atoms with Crippen molar-refractivity contribution in [3.05, 3.63) is 0 Å². The Morgan fingerprint density at radius 2 is 1.71 bits per heavy atom. The fourth-order valence-electron chi connectivity index (χ4n) is 0.819. The zero-order valence-corrected chi connectivity index (χ0v) is 9.14. The third-order valence-corrected chi connectivity index (χ3v) is 2.18. The van der Waals surface area contributed by atoms with E-state index >= 15 is 0 Å². The molecule has 0 unspecified atom stereocenters.